The van der Waals surface area contributed by atoms with Gasteiger partial charge in [-0.25, -0.2) is 4.90 Å². The number of amides is 2. The van der Waals surface area contributed by atoms with Crippen molar-refractivity contribution in [2.45, 2.75) is 38.4 Å². The van der Waals surface area contributed by atoms with E-state index in [0.29, 0.717) is 23.3 Å². The normalized spacial score (nSPS) is 20.2. The maximum Gasteiger partial charge on any atom is 0.263 e. The van der Waals surface area contributed by atoms with Crippen LogP contribution in [0.4, 0.5) is 5.69 Å². The van der Waals surface area contributed by atoms with Crippen LogP contribution in [-0.2, 0) is 16.1 Å². The number of benzene rings is 2. The second-order valence-electron chi connectivity index (χ2n) is 7.83. The van der Waals surface area contributed by atoms with E-state index in [0.717, 1.165) is 11.1 Å². The minimum atomic E-state index is -0.867. The number of fused-ring (bicyclic) bond motifs is 1. The van der Waals surface area contributed by atoms with Crippen molar-refractivity contribution in [1.82, 2.24) is 15.1 Å². The topological polar surface area (TPSA) is 104 Å². The summed E-state index contributed by atoms with van der Waals surface area (Å²) in [7, 11) is 0. The molecule has 9 heteroatoms. The second-order valence-corrected chi connectivity index (χ2v) is 7.83. The fourth-order valence-electron chi connectivity index (χ4n) is 3.78. The lowest BCUT2D eigenvalue weighted by Gasteiger charge is -2.19. The van der Waals surface area contributed by atoms with Crippen LogP contribution < -0.4 is 4.90 Å². The molecule has 0 radical (unpaired) electrons. The smallest absolute Gasteiger partial charge is 0.263 e. The molecule has 3 heterocycles. The fraction of sp³-hybridized carbons (Fsp3) is 0.273. The largest absolute Gasteiger partial charge is 0.337 e. The van der Waals surface area contributed by atoms with Crippen molar-refractivity contribution >= 4 is 17.5 Å². The van der Waals surface area contributed by atoms with E-state index in [9.17, 15) is 9.59 Å². The van der Waals surface area contributed by atoms with Gasteiger partial charge in [0.2, 0.25) is 11.7 Å². The molecule has 2 aliphatic rings. The number of nitrogens with zero attached hydrogens (tertiary/aromatic N) is 6. The quantitative estimate of drug-likeness (QED) is 0.591. The minimum Gasteiger partial charge on any atom is -0.337 e. The van der Waals surface area contributed by atoms with Gasteiger partial charge in [-0.05, 0) is 23.6 Å². The molecule has 0 N–H and O–H groups in total. The number of aromatic nitrogens is 2. The molecule has 0 spiro atoms. The highest BCUT2D eigenvalue weighted by Crippen LogP contribution is 2.33. The second kappa shape index (κ2) is 7.42. The summed E-state index contributed by atoms with van der Waals surface area (Å²) in [5.74, 6) is 0.356. The number of anilines is 1. The number of hydrogen-bond acceptors (Lipinski definition) is 8. The van der Waals surface area contributed by atoms with Crippen LogP contribution in [0.25, 0.3) is 11.4 Å². The van der Waals surface area contributed by atoms with E-state index in [1.54, 1.807) is 12.1 Å². The Kier molecular flexibility index (Phi) is 4.58. The van der Waals surface area contributed by atoms with Crippen molar-refractivity contribution in [2.24, 2.45) is 10.3 Å². The van der Waals surface area contributed by atoms with Crippen molar-refractivity contribution in [3.8, 4) is 11.4 Å². The Morgan fingerprint density at radius 1 is 1.00 bits per heavy atom. The average Bonchev–Trinajstić information content (AvgIpc) is 3.47. The zero-order chi connectivity index (χ0) is 21.5. The summed E-state index contributed by atoms with van der Waals surface area (Å²) in [6, 6.07) is 15.2. The molecule has 1 aromatic heterocycles. The molecule has 1 fully saturated rings. The number of rotatable bonds is 5. The van der Waals surface area contributed by atoms with Crippen LogP contribution in [0.5, 0.6) is 0 Å². The predicted octanol–water partition coefficient (Wildman–Crippen LogP) is 3.35. The van der Waals surface area contributed by atoms with Crippen LogP contribution in [0.2, 0.25) is 0 Å². The van der Waals surface area contributed by atoms with Gasteiger partial charge in [-0.1, -0.05) is 66.7 Å². The first-order chi connectivity index (χ1) is 15.0. The van der Waals surface area contributed by atoms with E-state index >= 15 is 0 Å². The van der Waals surface area contributed by atoms with Crippen molar-refractivity contribution in [3.63, 3.8) is 0 Å². The molecule has 2 aromatic carbocycles. The van der Waals surface area contributed by atoms with Gasteiger partial charge in [0.25, 0.3) is 11.8 Å². The molecule has 0 unspecified atom stereocenters. The van der Waals surface area contributed by atoms with Gasteiger partial charge in [-0.3, -0.25) is 14.6 Å². The molecule has 2 amide bonds. The van der Waals surface area contributed by atoms with Gasteiger partial charge in [0.1, 0.15) is 6.54 Å². The Hall–Kier alpha value is -3.88. The third-order valence-electron chi connectivity index (χ3n) is 5.47. The fourth-order valence-corrected chi connectivity index (χ4v) is 3.78. The van der Waals surface area contributed by atoms with Crippen LogP contribution in [-0.4, -0.2) is 39.0 Å². The van der Waals surface area contributed by atoms with E-state index < -0.39 is 12.1 Å². The summed E-state index contributed by atoms with van der Waals surface area (Å²) in [4.78, 5) is 31.6. The molecule has 0 bridgehead atoms. The summed E-state index contributed by atoms with van der Waals surface area (Å²) in [6.07, 6.45) is 0. The van der Waals surface area contributed by atoms with E-state index in [4.69, 9.17) is 4.52 Å². The predicted molar refractivity (Wildman–Crippen MR) is 111 cm³/mol. The standard InChI is InChI=1S/C22H20N6O3/c1-13(2)14-8-10-16(11-9-14)28-21(29)18-19(22(28)30)27(26-24-18)12-17-23-20(25-31-17)15-6-4-3-5-7-15/h3-11,13,18-19H,12H2,1-2H3/t18-,19-/m1/s1. The van der Waals surface area contributed by atoms with E-state index in [2.05, 4.69) is 34.3 Å². The molecule has 3 aromatic rings. The highest BCUT2D eigenvalue weighted by atomic mass is 16.5. The van der Waals surface area contributed by atoms with Gasteiger partial charge in [-0.15, -0.1) is 0 Å². The average molecular weight is 416 g/mol. The number of imide groups is 1. The summed E-state index contributed by atoms with van der Waals surface area (Å²) < 4.78 is 5.32. The molecule has 9 nitrogen and oxygen atoms in total. The maximum atomic E-state index is 13.1. The van der Waals surface area contributed by atoms with Crippen LogP contribution >= 0.6 is 0 Å². The van der Waals surface area contributed by atoms with Crippen LogP contribution in [0.3, 0.4) is 0 Å². The molecule has 0 saturated carbocycles. The highest BCUT2D eigenvalue weighted by molar-refractivity contribution is 6.25. The number of carbonyl (C=O) groups is 2. The van der Waals surface area contributed by atoms with Crippen molar-refractivity contribution < 1.29 is 14.1 Å². The Morgan fingerprint density at radius 2 is 1.74 bits per heavy atom. The highest BCUT2D eigenvalue weighted by Gasteiger charge is 2.55. The molecule has 156 valence electrons. The monoisotopic (exact) mass is 416 g/mol. The van der Waals surface area contributed by atoms with E-state index in [1.807, 2.05) is 42.5 Å². The third kappa shape index (κ3) is 3.27. The molecule has 2 aliphatic heterocycles. The summed E-state index contributed by atoms with van der Waals surface area (Å²) >= 11 is 0. The van der Waals surface area contributed by atoms with Crippen LogP contribution in [0.1, 0.15) is 31.2 Å². The first-order valence-corrected chi connectivity index (χ1v) is 10.1. The zero-order valence-electron chi connectivity index (χ0n) is 17.0. The third-order valence-corrected chi connectivity index (χ3v) is 5.47. The Labute approximate surface area is 178 Å². The summed E-state index contributed by atoms with van der Waals surface area (Å²) in [5, 5.41) is 13.5. The molecule has 5 rings (SSSR count). The maximum absolute atomic E-state index is 13.1. The van der Waals surface area contributed by atoms with E-state index in [1.165, 1.54) is 9.91 Å². The summed E-state index contributed by atoms with van der Waals surface area (Å²) in [5.41, 5.74) is 2.49. The van der Waals surface area contributed by atoms with Crippen molar-refractivity contribution in [3.05, 3.63) is 66.1 Å². The van der Waals surface area contributed by atoms with Gasteiger partial charge < -0.3 is 4.52 Å². The van der Waals surface area contributed by atoms with E-state index in [-0.39, 0.29) is 18.4 Å². The molecule has 31 heavy (non-hydrogen) atoms. The first-order valence-electron chi connectivity index (χ1n) is 10.1. The summed E-state index contributed by atoms with van der Waals surface area (Å²) in [6.45, 7) is 4.26. The lowest BCUT2D eigenvalue weighted by molar-refractivity contribution is -0.123. The van der Waals surface area contributed by atoms with Gasteiger partial charge in [0.15, 0.2) is 12.1 Å². The lowest BCUT2D eigenvalue weighted by atomic mass is 10.0. The van der Waals surface area contributed by atoms with Gasteiger partial charge in [0, 0.05) is 5.56 Å². The SMILES string of the molecule is CC(C)c1ccc(N2C(=O)[C@@H]3N=NN(Cc4nc(-c5ccccc5)no4)[C@H]3C2=O)cc1. The Balaban J connectivity index is 1.35. The van der Waals surface area contributed by atoms with Crippen LogP contribution in [0, 0.1) is 0 Å². The molecule has 2 atom stereocenters. The van der Waals surface area contributed by atoms with Gasteiger partial charge >= 0.3 is 0 Å². The van der Waals surface area contributed by atoms with Gasteiger partial charge in [-0.2, -0.15) is 10.1 Å². The molecular weight excluding hydrogens is 396 g/mol. The molecular formula is C22H20N6O3. The van der Waals surface area contributed by atoms with Crippen molar-refractivity contribution in [2.75, 3.05) is 4.90 Å². The lowest BCUT2D eigenvalue weighted by Crippen LogP contribution is -2.39. The Morgan fingerprint density at radius 3 is 2.45 bits per heavy atom. The van der Waals surface area contributed by atoms with Crippen LogP contribution in [0.15, 0.2) is 69.5 Å². The van der Waals surface area contributed by atoms with Crippen molar-refractivity contribution in [1.29, 1.82) is 0 Å². The van der Waals surface area contributed by atoms with Gasteiger partial charge in [0.05, 0.1) is 5.69 Å². The zero-order valence-corrected chi connectivity index (χ0v) is 17.0. The molecule has 1 saturated heterocycles. The first kappa shape index (κ1) is 19.1. The molecule has 0 aliphatic carbocycles. The Bertz CT molecular complexity index is 1160. The number of carbonyl (C=O) groups excluding carboxylic acids is 2. The minimum absolute atomic E-state index is 0.0870. The number of hydrogen-bond donors (Lipinski definition) is 0.